The third-order valence-electron chi connectivity index (χ3n) is 3.25. The maximum atomic E-state index is 3.87. The third kappa shape index (κ3) is 2.70. The molecule has 2 aromatic carbocycles. The average Bonchev–Trinajstić information content (AvgIpc) is 2.93. The Labute approximate surface area is 126 Å². The van der Waals surface area contributed by atoms with Crippen LogP contribution in [0.1, 0.15) is 4.44 Å². The van der Waals surface area contributed by atoms with E-state index >= 15 is 0 Å². The summed E-state index contributed by atoms with van der Waals surface area (Å²) in [5, 5.41) is 0. The molecule has 0 unspecified atom stereocenters. The number of rotatable bonds is 4. The van der Waals surface area contributed by atoms with Gasteiger partial charge < -0.3 is 0 Å². The molecule has 1 heterocycles. The van der Waals surface area contributed by atoms with Crippen molar-refractivity contribution >= 4 is 14.5 Å². The van der Waals surface area contributed by atoms with Gasteiger partial charge in [-0.1, -0.05) is 0 Å². The molecule has 0 bridgehead atoms. The Hall–Kier alpha value is -1.82. The van der Waals surface area contributed by atoms with E-state index in [1.54, 1.807) is 0 Å². The first kappa shape index (κ1) is 13.2. The molecule has 98 valence electrons. The van der Waals surface area contributed by atoms with Gasteiger partial charge in [0.25, 0.3) is 0 Å². The first-order chi connectivity index (χ1) is 9.88. The molecular weight excluding hydrogens is 307 g/mol. The molecule has 0 nitrogen and oxygen atoms in total. The van der Waals surface area contributed by atoms with Gasteiger partial charge in [0.1, 0.15) is 0 Å². The Kier molecular flexibility index (Phi) is 4.01. The monoisotopic (exact) mass is 324 g/mol. The summed E-state index contributed by atoms with van der Waals surface area (Å²) >= 11 is 0.403. The normalized spacial score (nSPS) is 10.4. The van der Waals surface area contributed by atoms with Crippen LogP contribution < -0.4 is 0 Å². The van der Waals surface area contributed by atoms with Gasteiger partial charge in [-0.15, -0.1) is 0 Å². The predicted molar refractivity (Wildman–Crippen MR) is 88.2 cm³/mol. The Bertz CT molecular complexity index is 636. The van der Waals surface area contributed by atoms with E-state index in [1.165, 1.54) is 25.6 Å². The fourth-order valence-corrected chi connectivity index (χ4v) is 4.80. The van der Waals surface area contributed by atoms with Gasteiger partial charge in [0, 0.05) is 0 Å². The summed E-state index contributed by atoms with van der Waals surface area (Å²) in [6.07, 6.45) is 3.00. The maximum absolute atomic E-state index is 3.87. The SMILES string of the molecule is C=CCc1cc(-c2ccccc2)c(-c2ccccc2)[se]1. The van der Waals surface area contributed by atoms with Crippen LogP contribution in [0.25, 0.3) is 21.1 Å². The van der Waals surface area contributed by atoms with Crippen LogP contribution >= 0.6 is 0 Å². The predicted octanol–water partition coefficient (Wildman–Crippen LogP) is 4.81. The third-order valence-corrected chi connectivity index (χ3v) is 5.78. The summed E-state index contributed by atoms with van der Waals surface area (Å²) in [5.74, 6) is 0. The second kappa shape index (κ2) is 6.09. The zero-order valence-corrected chi connectivity index (χ0v) is 13.0. The molecule has 0 spiro atoms. The van der Waals surface area contributed by atoms with E-state index in [2.05, 4.69) is 73.3 Å². The summed E-state index contributed by atoms with van der Waals surface area (Å²) in [4.78, 5) is 0. The second-order valence-electron chi connectivity index (χ2n) is 4.68. The molecule has 0 amide bonds. The van der Waals surface area contributed by atoms with E-state index in [-0.39, 0.29) is 0 Å². The molecule has 0 atom stereocenters. The molecule has 0 radical (unpaired) electrons. The minimum atomic E-state index is 0.403. The van der Waals surface area contributed by atoms with Crippen LogP contribution in [-0.2, 0) is 6.42 Å². The Morgan fingerprint density at radius 3 is 2.05 bits per heavy atom. The standard InChI is InChI=1S/C19H16Se/c1-2-9-17-14-18(15-10-5-3-6-11-15)19(20-17)16-12-7-4-8-13-16/h2-8,10-14H,1,9H2. The van der Waals surface area contributed by atoms with Gasteiger partial charge in [-0.25, -0.2) is 0 Å². The van der Waals surface area contributed by atoms with Gasteiger partial charge in [0.2, 0.25) is 0 Å². The van der Waals surface area contributed by atoms with Crippen LogP contribution in [0.2, 0.25) is 0 Å². The van der Waals surface area contributed by atoms with E-state index < -0.39 is 0 Å². The molecule has 20 heavy (non-hydrogen) atoms. The first-order valence-corrected chi connectivity index (χ1v) is 8.44. The van der Waals surface area contributed by atoms with Gasteiger partial charge in [-0.2, -0.15) is 0 Å². The van der Waals surface area contributed by atoms with Crippen molar-refractivity contribution in [3.05, 3.63) is 83.8 Å². The molecule has 1 heteroatoms. The zero-order valence-electron chi connectivity index (χ0n) is 11.3. The van der Waals surface area contributed by atoms with E-state index in [0.717, 1.165) is 6.42 Å². The number of allylic oxidation sites excluding steroid dienone is 1. The number of hydrogen-bond acceptors (Lipinski definition) is 0. The van der Waals surface area contributed by atoms with Crippen LogP contribution in [0.4, 0.5) is 0 Å². The van der Waals surface area contributed by atoms with Crippen molar-refractivity contribution in [2.24, 2.45) is 0 Å². The van der Waals surface area contributed by atoms with Crippen molar-refractivity contribution < 1.29 is 0 Å². The molecule has 0 fully saturated rings. The summed E-state index contributed by atoms with van der Waals surface area (Å²) in [6, 6.07) is 23.8. The summed E-state index contributed by atoms with van der Waals surface area (Å²) in [6.45, 7) is 3.87. The zero-order chi connectivity index (χ0) is 13.8. The Morgan fingerprint density at radius 2 is 1.45 bits per heavy atom. The molecule has 3 aromatic rings. The number of hydrogen-bond donors (Lipinski definition) is 0. The van der Waals surface area contributed by atoms with Crippen LogP contribution in [0.5, 0.6) is 0 Å². The quantitative estimate of drug-likeness (QED) is 0.478. The molecule has 0 saturated carbocycles. The van der Waals surface area contributed by atoms with E-state index in [0.29, 0.717) is 14.5 Å². The molecular formula is C19H16Se. The van der Waals surface area contributed by atoms with Crippen LogP contribution in [-0.4, -0.2) is 14.5 Å². The van der Waals surface area contributed by atoms with Gasteiger partial charge in [0.15, 0.2) is 0 Å². The summed E-state index contributed by atoms with van der Waals surface area (Å²) < 4.78 is 2.99. The molecule has 1 aromatic heterocycles. The van der Waals surface area contributed by atoms with Gasteiger partial charge in [-0.05, 0) is 0 Å². The van der Waals surface area contributed by atoms with Crippen LogP contribution in [0.15, 0.2) is 79.4 Å². The molecule has 0 saturated heterocycles. The second-order valence-corrected chi connectivity index (χ2v) is 7.07. The van der Waals surface area contributed by atoms with Crippen LogP contribution in [0, 0.1) is 0 Å². The molecule has 0 aliphatic carbocycles. The molecule has 0 aliphatic rings. The van der Waals surface area contributed by atoms with Crippen molar-refractivity contribution in [2.45, 2.75) is 6.42 Å². The van der Waals surface area contributed by atoms with E-state index in [4.69, 9.17) is 0 Å². The first-order valence-electron chi connectivity index (χ1n) is 6.73. The van der Waals surface area contributed by atoms with Gasteiger partial charge >= 0.3 is 126 Å². The Morgan fingerprint density at radius 1 is 0.850 bits per heavy atom. The van der Waals surface area contributed by atoms with Crippen molar-refractivity contribution in [3.8, 4) is 21.1 Å². The number of benzene rings is 2. The van der Waals surface area contributed by atoms with Crippen LogP contribution in [0.3, 0.4) is 0 Å². The van der Waals surface area contributed by atoms with Gasteiger partial charge in [-0.3, -0.25) is 0 Å². The fraction of sp³-hybridized carbons (Fsp3) is 0.0526. The van der Waals surface area contributed by atoms with Crippen molar-refractivity contribution in [3.63, 3.8) is 0 Å². The minimum absolute atomic E-state index is 0.403. The van der Waals surface area contributed by atoms with Crippen molar-refractivity contribution in [1.82, 2.24) is 0 Å². The average molecular weight is 323 g/mol. The molecule has 0 N–H and O–H groups in total. The molecule has 3 rings (SSSR count). The van der Waals surface area contributed by atoms with E-state index in [9.17, 15) is 0 Å². The molecule has 0 aliphatic heterocycles. The van der Waals surface area contributed by atoms with Crippen molar-refractivity contribution in [2.75, 3.05) is 0 Å². The van der Waals surface area contributed by atoms with E-state index in [1.807, 2.05) is 6.08 Å². The Balaban J connectivity index is 2.15. The fourth-order valence-electron chi connectivity index (χ4n) is 2.32. The summed E-state index contributed by atoms with van der Waals surface area (Å²) in [5.41, 5.74) is 4.04. The van der Waals surface area contributed by atoms with Crippen molar-refractivity contribution in [1.29, 1.82) is 0 Å². The van der Waals surface area contributed by atoms with Gasteiger partial charge in [0.05, 0.1) is 0 Å². The summed E-state index contributed by atoms with van der Waals surface area (Å²) in [7, 11) is 0. The topological polar surface area (TPSA) is 0 Å².